The molecule has 0 bridgehead atoms. The van der Waals surface area contributed by atoms with Crippen molar-refractivity contribution < 1.29 is 29.4 Å². The van der Waals surface area contributed by atoms with Gasteiger partial charge in [0, 0.05) is 16.9 Å². The van der Waals surface area contributed by atoms with E-state index in [4.69, 9.17) is 14.7 Å². The van der Waals surface area contributed by atoms with Crippen LogP contribution in [0.3, 0.4) is 0 Å². The molecule has 0 saturated carbocycles. The van der Waals surface area contributed by atoms with Crippen molar-refractivity contribution in [1.82, 2.24) is 5.48 Å². The minimum Gasteiger partial charge on any atom is -0.504 e. The lowest BCUT2D eigenvalue weighted by atomic mass is 9.78. The highest BCUT2D eigenvalue weighted by molar-refractivity contribution is 6.00. The second-order valence-electron chi connectivity index (χ2n) is 8.77. The molecule has 8 nitrogen and oxygen atoms in total. The van der Waals surface area contributed by atoms with Crippen molar-refractivity contribution in [2.24, 2.45) is 5.41 Å². The molecule has 184 valence electrons. The first-order valence-corrected chi connectivity index (χ1v) is 11.2. The zero-order chi connectivity index (χ0) is 25.4. The lowest BCUT2D eigenvalue weighted by Crippen LogP contribution is -2.29. The van der Waals surface area contributed by atoms with Crippen LogP contribution in [0.1, 0.15) is 38.4 Å². The topological polar surface area (TPSA) is 117 Å². The zero-order valence-electron chi connectivity index (χ0n) is 19.9. The number of allylic oxidation sites excluding steroid dienone is 1. The van der Waals surface area contributed by atoms with Crippen LogP contribution in [-0.4, -0.2) is 29.4 Å². The number of aromatic hydroxyl groups is 1. The average molecular weight is 479 g/mol. The molecular formula is C27H30N2O6. The number of hydrogen-bond donors (Lipinski definition) is 4. The SMILES string of the molecule is COc1ccc([C@@H](OC(=O)Nc2cccc3ccccc23)C(C)(C)CC/C=C/C(=O)NO)cc1O. The number of hydroxylamine groups is 1. The van der Waals surface area contributed by atoms with Gasteiger partial charge in [-0.05, 0) is 42.0 Å². The van der Waals surface area contributed by atoms with E-state index in [9.17, 15) is 14.7 Å². The van der Waals surface area contributed by atoms with Crippen LogP contribution >= 0.6 is 0 Å². The minimum atomic E-state index is -0.727. The van der Waals surface area contributed by atoms with Gasteiger partial charge in [-0.15, -0.1) is 0 Å². The molecule has 0 aliphatic rings. The number of carbonyl (C=O) groups is 2. The standard InChI is InChI=1S/C27H30N2O6/c1-27(2,16-7-6-13-24(31)29-33)25(19-14-15-23(34-3)22(30)17-19)35-26(32)28-21-12-8-10-18-9-4-5-11-20(18)21/h4-6,8-15,17,25,30,33H,7,16H2,1-3H3,(H,28,32)(H,29,31)/b13-6+/t25-/m1/s1. The maximum atomic E-state index is 13.0. The van der Waals surface area contributed by atoms with E-state index >= 15 is 0 Å². The summed E-state index contributed by atoms with van der Waals surface area (Å²) in [7, 11) is 1.46. The highest BCUT2D eigenvalue weighted by atomic mass is 16.6. The monoisotopic (exact) mass is 478 g/mol. The van der Waals surface area contributed by atoms with Gasteiger partial charge in [0.25, 0.3) is 5.91 Å². The van der Waals surface area contributed by atoms with Gasteiger partial charge in [0.15, 0.2) is 11.5 Å². The number of phenols is 1. The number of fused-ring (bicyclic) bond motifs is 1. The van der Waals surface area contributed by atoms with Crippen LogP contribution in [0.5, 0.6) is 11.5 Å². The van der Waals surface area contributed by atoms with E-state index < -0.39 is 23.5 Å². The van der Waals surface area contributed by atoms with Gasteiger partial charge in [-0.3, -0.25) is 15.3 Å². The first kappa shape index (κ1) is 25.6. The van der Waals surface area contributed by atoms with Gasteiger partial charge in [-0.25, -0.2) is 10.3 Å². The van der Waals surface area contributed by atoms with Crippen molar-refractivity contribution in [3.63, 3.8) is 0 Å². The Kier molecular flexibility index (Phi) is 8.33. The zero-order valence-corrected chi connectivity index (χ0v) is 19.9. The number of methoxy groups -OCH3 is 1. The molecule has 8 heteroatoms. The van der Waals surface area contributed by atoms with Crippen molar-refractivity contribution in [3.8, 4) is 11.5 Å². The Hall–Kier alpha value is -4.04. The molecule has 35 heavy (non-hydrogen) atoms. The molecule has 0 fully saturated rings. The molecule has 1 atom stereocenters. The summed E-state index contributed by atoms with van der Waals surface area (Å²) in [6, 6.07) is 18.2. The number of hydrogen-bond acceptors (Lipinski definition) is 6. The Morgan fingerprint density at radius 2 is 1.83 bits per heavy atom. The summed E-state index contributed by atoms with van der Waals surface area (Å²) >= 11 is 0. The molecule has 4 N–H and O–H groups in total. The third kappa shape index (κ3) is 6.51. The van der Waals surface area contributed by atoms with E-state index in [1.165, 1.54) is 19.3 Å². The molecule has 0 unspecified atom stereocenters. The number of carbonyl (C=O) groups excluding carboxylic acids is 2. The minimum absolute atomic E-state index is 0.0663. The highest BCUT2D eigenvalue weighted by Crippen LogP contribution is 2.43. The Balaban J connectivity index is 1.85. The molecule has 2 amide bonds. The number of rotatable bonds is 9. The van der Waals surface area contributed by atoms with Gasteiger partial charge in [-0.1, -0.05) is 62.4 Å². The number of nitrogens with one attached hydrogen (secondary N) is 2. The summed E-state index contributed by atoms with van der Waals surface area (Å²) in [6.07, 6.45) is 2.54. The summed E-state index contributed by atoms with van der Waals surface area (Å²) < 4.78 is 11.1. The molecular weight excluding hydrogens is 448 g/mol. The number of anilines is 1. The van der Waals surface area contributed by atoms with Crippen molar-refractivity contribution >= 4 is 28.5 Å². The van der Waals surface area contributed by atoms with E-state index in [1.807, 2.05) is 50.2 Å². The van der Waals surface area contributed by atoms with E-state index in [2.05, 4.69) is 5.32 Å². The Labute approximate surface area is 204 Å². The summed E-state index contributed by atoms with van der Waals surface area (Å²) in [6.45, 7) is 3.87. The quantitative estimate of drug-likeness (QED) is 0.178. The normalized spacial score (nSPS) is 12.3. The second kappa shape index (κ2) is 11.4. The van der Waals surface area contributed by atoms with Gasteiger partial charge < -0.3 is 14.6 Å². The van der Waals surface area contributed by atoms with E-state index in [0.717, 1.165) is 10.8 Å². The fourth-order valence-electron chi connectivity index (χ4n) is 3.94. The van der Waals surface area contributed by atoms with Crippen LogP contribution in [0.2, 0.25) is 0 Å². The molecule has 0 heterocycles. The number of phenolic OH excluding ortho intramolecular Hbond substituents is 1. The molecule has 3 aromatic carbocycles. The van der Waals surface area contributed by atoms with E-state index in [0.29, 0.717) is 29.8 Å². The lowest BCUT2D eigenvalue weighted by Gasteiger charge is -2.34. The van der Waals surface area contributed by atoms with Gasteiger partial charge >= 0.3 is 6.09 Å². The van der Waals surface area contributed by atoms with Crippen molar-refractivity contribution in [2.75, 3.05) is 12.4 Å². The van der Waals surface area contributed by atoms with Crippen molar-refractivity contribution in [3.05, 3.63) is 78.4 Å². The third-order valence-electron chi connectivity index (χ3n) is 5.80. The number of ether oxygens (including phenoxy) is 2. The van der Waals surface area contributed by atoms with Crippen molar-refractivity contribution in [1.29, 1.82) is 0 Å². The molecule has 0 saturated heterocycles. The summed E-state index contributed by atoms with van der Waals surface area (Å²) in [5.74, 6) is -0.378. The van der Waals surface area contributed by atoms with Crippen LogP contribution in [-0.2, 0) is 9.53 Å². The Bertz CT molecular complexity index is 1220. The third-order valence-corrected chi connectivity index (χ3v) is 5.80. The maximum Gasteiger partial charge on any atom is 0.412 e. The van der Waals surface area contributed by atoms with Gasteiger partial charge in [0.2, 0.25) is 0 Å². The smallest absolute Gasteiger partial charge is 0.412 e. The van der Waals surface area contributed by atoms with Crippen molar-refractivity contribution in [2.45, 2.75) is 32.8 Å². The largest absolute Gasteiger partial charge is 0.504 e. The van der Waals surface area contributed by atoms with Gasteiger partial charge in [0.1, 0.15) is 6.10 Å². The first-order chi connectivity index (χ1) is 16.7. The van der Waals surface area contributed by atoms with E-state index in [-0.39, 0.29) is 5.75 Å². The maximum absolute atomic E-state index is 13.0. The molecule has 0 aliphatic carbocycles. The molecule has 0 aromatic heterocycles. The molecule has 3 aromatic rings. The lowest BCUT2D eigenvalue weighted by molar-refractivity contribution is -0.124. The number of amides is 2. The summed E-state index contributed by atoms with van der Waals surface area (Å²) in [5, 5.41) is 23.7. The first-order valence-electron chi connectivity index (χ1n) is 11.2. The number of benzene rings is 3. The van der Waals surface area contributed by atoms with Crippen LogP contribution in [0, 0.1) is 5.41 Å². The summed E-state index contributed by atoms with van der Waals surface area (Å²) in [5.41, 5.74) is 2.18. The molecule has 0 aliphatic heterocycles. The predicted octanol–water partition coefficient (Wildman–Crippen LogP) is 5.71. The van der Waals surface area contributed by atoms with Gasteiger partial charge in [0.05, 0.1) is 12.8 Å². The van der Waals surface area contributed by atoms with Crippen LogP contribution in [0.15, 0.2) is 72.8 Å². The second-order valence-corrected chi connectivity index (χ2v) is 8.77. The fraction of sp³-hybridized carbons (Fsp3) is 0.259. The summed E-state index contributed by atoms with van der Waals surface area (Å²) in [4.78, 5) is 24.3. The average Bonchev–Trinajstić information content (AvgIpc) is 2.85. The Morgan fingerprint density at radius 1 is 1.09 bits per heavy atom. The Morgan fingerprint density at radius 3 is 2.54 bits per heavy atom. The highest BCUT2D eigenvalue weighted by Gasteiger charge is 2.34. The van der Waals surface area contributed by atoms with Gasteiger partial charge in [-0.2, -0.15) is 0 Å². The predicted molar refractivity (Wildman–Crippen MR) is 134 cm³/mol. The fourth-order valence-corrected chi connectivity index (χ4v) is 3.94. The van der Waals surface area contributed by atoms with Crippen LogP contribution in [0.25, 0.3) is 10.8 Å². The van der Waals surface area contributed by atoms with Crippen LogP contribution in [0.4, 0.5) is 10.5 Å². The molecule has 0 radical (unpaired) electrons. The van der Waals surface area contributed by atoms with E-state index in [1.54, 1.807) is 29.8 Å². The van der Waals surface area contributed by atoms with Crippen LogP contribution < -0.4 is 15.5 Å². The molecule has 0 spiro atoms. The molecule has 3 rings (SSSR count).